The molecule has 0 bridgehead atoms. The number of rotatable bonds is 5. The third-order valence-corrected chi connectivity index (χ3v) is 1.92. The van der Waals surface area contributed by atoms with E-state index in [0.717, 1.165) is 12.8 Å². The Labute approximate surface area is 87.9 Å². The Morgan fingerprint density at radius 2 is 2.33 bits per heavy atom. The van der Waals surface area contributed by atoms with Gasteiger partial charge in [-0.1, -0.05) is 13.3 Å². The molecular formula is C11H14O4. The molecule has 82 valence electrons. The van der Waals surface area contributed by atoms with Crippen molar-refractivity contribution in [3.63, 3.8) is 0 Å². The molecule has 1 aromatic rings. The molecule has 1 aromatic heterocycles. The number of esters is 1. The standard InChI is InChI=1S/C11H14O4/c1-2-3-5-15-11(13)7-9-8-14-6-4-10(9)12/h4,6,8H,2-3,5,7H2,1H3. The molecule has 0 N–H and O–H groups in total. The van der Waals surface area contributed by atoms with Gasteiger partial charge in [0.2, 0.25) is 0 Å². The molecule has 15 heavy (non-hydrogen) atoms. The summed E-state index contributed by atoms with van der Waals surface area (Å²) in [7, 11) is 0. The second-order valence-corrected chi connectivity index (χ2v) is 3.20. The minimum atomic E-state index is -0.387. The summed E-state index contributed by atoms with van der Waals surface area (Å²) in [5.74, 6) is -0.387. The summed E-state index contributed by atoms with van der Waals surface area (Å²) < 4.78 is 9.73. The lowest BCUT2D eigenvalue weighted by Gasteiger charge is -2.02. The topological polar surface area (TPSA) is 56.5 Å². The van der Waals surface area contributed by atoms with E-state index in [1.165, 1.54) is 18.6 Å². The van der Waals surface area contributed by atoms with Crippen molar-refractivity contribution >= 4 is 5.97 Å². The van der Waals surface area contributed by atoms with E-state index in [9.17, 15) is 9.59 Å². The molecule has 1 heterocycles. The average Bonchev–Trinajstić information content (AvgIpc) is 2.22. The molecule has 0 radical (unpaired) electrons. The lowest BCUT2D eigenvalue weighted by atomic mass is 10.2. The SMILES string of the molecule is CCCCOC(=O)Cc1coccc1=O. The number of ether oxygens (including phenoxy) is 1. The van der Waals surface area contributed by atoms with Crippen LogP contribution in [0.4, 0.5) is 0 Å². The molecule has 0 aliphatic heterocycles. The average molecular weight is 210 g/mol. The van der Waals surface area contributed by atoms with Crippen molar-refractivity contribution < 1.29 is 13.9 Å². The minimum Gasteiger partial charge on any atom is -0.472 e. The minimum absolute atomic E-state index is 0.0209. The van der Waals surface area contributed by atoms with Gasteiger partial charge in [0.1, 0.15) is 0 Å². The Morgan fingerprint density at radius 1 is 1.53 bits per heavy atom. The quantitative estimate of drug-likeness (QED) is 0.546. The maximum absolute atomic E-state index is 11.2. The van der Waals surface area contributed by atoms with Crippen molar-refractivity contribution in [2.45, 2.75) is 26.2 Å². The molecule has 0 saturated heterocycles. The molecule has 0 fully saturated rings. The lowest BCUT2D eigenvalue weighted by molar-refractivity contribution is -0.142. The number of hydrogen-bond donors (Lipinski definition) is 0. The van der Waals surface area contributed by atoms with Crippen LogP contribution in [-0.2, 0) is 16.0 Å². The first-order valence-electron chi connectivity index (χ1n) is 4.95. The van der Waals surface area contributed by atoms with E-state index in [4.69, 9.17) is 9.15 Å². The van der Waals surface area contributed by atoms with Gasteiger partial charge in [0, 0.05) is 11.6 Å². The molecule has 1 rings (SSSR count). The van der Waals surface area contributed by atoms with Crippen LogP contribution in [0, 0.1) is 0 Å². The molecule has 0 aliphatic rings. The van der Waals surface area contributed by atoms with Gasteiger partial charge < -0.3 is 9.15 Å². The van der Waals surface area contributed by atoms with Gasteiger partial charge in [-0.15, -0.1) is 0 Å². The third-order valence-electron chi connectivity index (χ3n) is 1.92. The largest absolute Gasteiger partial charge is 0.472 e. The highest BCUT2D eigenvalue weighted by Gasteiger charge is 2.07. The van der Waals surface area contributed by atoms with E-state index in [-0.39, 0.29) is 17.8 Å². The maximum Gasteiger partial charge on any atom is 0.310 e. The molecule has 0 atom stereocenters. The first-order valence-corrected chi connectivity index (χ1v) is 4.95. The van der Waals surface area contributed by atoms with Crippen molar-refractivity contribution in [2.24, 2.45) is 0 Å². The van der Waals surface area contributed by atoms with Crippen LogP contribution in [0.3, 0.4) is 0 Å². The highest BCUT2D eigenvalue weighted by atomic mass is 16.5. The van der Waals surface area contributed by atoms with E-state index in [1.807, 2.05) is 6.92 Å². The smallest absolute Gasteiger partial charge is 0.310 e. The fourth-order valence-corrected chi connectivity index (χ4v) is 1.05. The van der Waals surface area contributed by atoms with Gasteiger partial charge in [-0.3, -0.25) is 9.59 Å². The van der Waals surface area contributed by atoms with E-state index in [1.54, 1.807) is 0 Å². The van der Waals surface area contributed by atoms with Crippen LogP contribution in [0.5, 0.6) is 0 Å². The lowest BCUT2D eigenvalue weighted by Crippen LogP contribution is -2.15. The number of carbonyl (C=O) groups is 1. The van der Waals surface area contributed by atoms with E-state index in [2.05, 4.69) is 0 Å². The van der Waals surface area contributed by atoms with Crippen LogP contribution < -0.4 is 5.43 Å². The zero-order valence-corrected chi connectivity index (χ0v) is 8.69. The van der Waals surface area contributed by atoms with Crippen molar-refractivity contribution in [1.82, 2.24) is 0 Å². The van der Waals surface area contributed by atoms with Gasteiger partial charge in [-0.25, -0.2) is 0 Å². The van der Waals surface area contributed by atoms with Gasteiger partial charge in [-0.2, -0.15) is 0 Å². The molecule has 4 heteroatoms. The van der Waals surface area contributed by atoms with Crippen LogP contribution in [0.2, 0.25) is 0 Å². The Morgan fingerprint density at radius 3 is 3.00 bits per heavy atom. The van der Waals surface area contributed by atoms with Crippen LogP contribution in [0.15, 0.2) is 27.8 Å². The van der Waals surface area contributed by atoms with Crippen LogP contribution in [0.25, 0.3) is 0 Å². The van der Waals surface area contributed by atoms with E-state index in [0.29, 0.717) is 12.2 Å². The molecular weight excluding hydrogens is 196 g/mol. The highest BCUT2D eigenvalue weighted by Crippen LogP contribution is 1.96. The second kappa shape index (κ2) is 6.01. The summed E-state index contributed by atoms with van der Waals surface area (Å²) in [5.41, 5.74) is 0.132. The normalized spacial score (nSPS) is 9.93. The van der Waals surface area contributed by atoms with Crippen molar-refractivity contribution in [1.29, 1.82) is 0 Å². The monoisotopic (exact) mass is 210 g/mol. The first kappa shape index (κ1) is 11.5. The summed E-state index contributed by atoms with van der Waals surface area (Å²) in [5, 5.41) is 0. The molecule has 4 nitrogen and oxygen atoms in total. The van der Waals surface area contributed by atoms with Crippen molar-refractivity contribution in [3.05, 3.63) is 34.4 Å². The molecule has 0 aliphatic carbocycles. The molecule has 0 spiro atoms. The van der Waals surface area contributed by atoms with Gasteiger partial charge in [0.05, 0.1) is 25.6 Å². The Balaban J connectivity index is 2.45. The van der Waals surface area contributed by atoms with Gasteiger partial charge in [0.25, 0.3) is 0 Å². The van der Waals surface area contributed by atoms with Gasteiger partial charge >= 0.3 is 5.97 Å². The Kier molecular flexibility index (Phi) is 4.60. The number of carbonyl (C=O) groups excluding carboxylic acids is 1. The molecule has 0 amide bonds. The van der Waals surface area contributed by atoms with Crippen LogP contribution >= 0.6 is 0 Å². The van der Waals surface area contributed by atoms with Crippen molar-refractivity contribution in [2.75, 3.05) is 6.61 Å². The molecule has 0 unspecified atom stereocenters. The zero-order valence-electron chi connectivity index (χ0n) is 8.69. The predicted molar refractivity (Wildman–Crippen MR) is 54.5 cm³/mol. The van der Waals surface area contributed by atoms with Gasteiger partial charge in [-0.05, 0) is 6.42 Å². The van der Waals surface area contributed by atoms with Gasteiger partial charge in [0.15, 0.2) is 5.43 Å². The third kappa shape index (κ3) is 3.97. The fourth-order valence-electron chi connectivity index (χ4n) is 1.05. The van der Waals surface area contributed by atoms with Crippen LogP contribution in [0.1, 0.15) is 25.3 Å². The summed E-state index contributed by atoms with van der Waals surface area (Å²) >= 11 is 0. The second-order valence-electron chi connectivity index (χ2n) is 3.20. The zero-order chi connectivity index (χ0) is 11.1. The summed E-state index contributed by atoms with van der Waals surface area (Å²) in [6.07, 6.45) is 4.36. The van der Waals surface area contributed by atoms with E-state index < -0.39 is 0 Å². The molecule has 0 saturated carbocycles. The number of hydrogen-bond acceptors (Lipinski definition) is 4. The Hall–Kier alpha value is -1.58. The number of unbranched alkanes of at least 4 members (excludes halogenated alkanes) is 1. The summed E-state index contributed by atoms with van der Waals surface area (Å²) in [6.45, 7) is 2.42. The highest BCUT2D eigenvalue weighted by molar-refractivity contribution is 5.72. The summed E-state index contributed by atoms with van der Waals surface area (Å²) in [4.78, 5) is 22.5. The van der Waals surface area contributed by atoms with Crippen LogP contribution in [-0.4, -0.2) is 12.6 Å². The maximum atomic E-state index is 11.2. The fraction of sp³-hybridized carbons (Fsp3) is 0.455. The molecule has 0 aromatic carbocycles. The van der Waals surface area contributed by atoms with E-state index >= 15 is 0 Å². The predicted octanol–water partition coefficient (Wildman–Crippen LogP) is 1.53. The van der Waals surface area contributed by atoms with Crippen molar-refractivity contribution in [3.8, 4) is 0 Å². The summed E-state index contributed by atoms with van der Waals surface area (Å²) in [6, 6.07) is 1.29. The Bertz CT molecular complexity index is 367. The first-order chi connectivity index (χ1) is 7.24.